The fraction of sp³-hybridized carbons (Fsp3) is 0.771. The van der Waals surface area contributed by atoms with Crippen LogP contribution < -0.4 is 0 Å². The Kier molecular flexibility index (Phi) is 15.3. The largest absolute Gasteiger partial charge is 0.462 e. The quantitative estimate of drug-likeness (QED) is 0.227. The second-order valence-electron chi connectivity index (χ2n) is 19.1. The molecule has 1 spiro atoms. The first-order chi connectivity index (χ1) is 29.9. The molecule has 15 nitrogen and oxygen atoms in total. The van der Waals surface area contributed by atoms with E-state index in [-0.39, 0.29) is 36.9 Å². The molecule has 6 aliphatic heterocycles. The fourth-order valence-corrected chi connectivity index (χ4v) is 10.7. The molecule has 4 saturated heterocycles. The average Bonchev–Trinajstić information content (AvgIpc) is 3.58. The number of aliphatic hydroxyl groups is 3. The Morgan fingerprint density at radius 2 is 1.59 bits per heavy atom. The molecule has 0 radical (unpaired) electrons. The first-order valence-electron chi connectivity index (χ1n) is 22.8. The Morgan fingerprint density at radius 3 is 2.29 bits per heavy atom. The molecule has 15 heteroatoms. The Hall–Kier alpha value is -2.35. The maximum atomic E-state index is 14.3. The average molecular weight is 889 g/mol. The molecule has 0 aromatic carbocycles. The first kappa shape index (κ1) is 48.6. The molecule has 0 amide bonds. The molecule has 0 aromatic heterocycles. The van der Waals surface area contributed by atoms with Gasteiger partial charge in [0.1, 0.15) is 54.2 Å². The van der Waals surface area contributed by atoms with Gasteiger partial charge in [0, 0.05) is 52.4 Å². The van der Waals surface area contributed by atoms with Crippen molar-refractivity contribution in [3.63, 3.8) is 0 Å². The summed E-state index contributed by atoms with van der Waals surface area (Å²) in [5.74, 6) is -2.68. The van der Waals surface area contributed by atoms with Gasteiger partial charge in [-0.1, -0.05) is 64.2 Å². The summed E-state index contributed by atoms with van der Waals surface area (Å²) in [6.45, 7) is 15.9. The van der Waals surface area contributed by atoms with Crippen LogP contribution in [0.5, 0.6) is 0 Å². The maximum absolute atomic E-state index is 14.3. The molecule has 7 rings (SSSR count). The van der Waals surface area contributed by atoms with Gasteiger partial charge in [0.05, 0.1) is 43.2 Å². The standard InChI is InChI=1S/C48H72O15/c1-24(2)39-27(5)17-18-47(63-39)22-33-20-32(62-47)16-15-26(4)40(25(3)13-12-14-31-23-56-44-37(49)28(6)19-34(45(51)59-33)48(31,44)52)60-36-21-35(53-9)41(30(8)57-36)61-46-43(55-11)42(54-10)38(50)29(7)58-46/h12-15,17-19,24-25,27,29-30,32-44,46,49-50,52H,16,20-23H2,1-11H3/b13-12+,26-15+,31-14+/t25-,27-,29-,30-,32+,33-,34-,35-,36-,37+,38-,39?,40-,41-,42-,43+,44+,46+,47+,48+/m0/s1. The Labute approximate surface area is 372 Å². The number of carbonyl (C=O) groups excluding carboxylic acids is 1. The lowest BCUT2D eigenvalue weighted by Crippen LogP contribution is -2.61. The number of hydrogen-bond acceptors (Lipinski definition) is 15. The SMILES string of the molecule is CO[C@H]1[C@@H](O[C@H]2[C@H](C)O[C@@H](O[C@@H]3/C(C)=C/C[C@@H]4C[C@@H](C[C@]5(C=C[C@H](C)C(C(C)C)O5)O4)OC(=O)[C@@H]4C=C(C)[C@@H](O)[C@H]5OC/C(=C\C=C\[C@@H]3C)[C@]54O)C[C@@H]2OC)O[C@@H](C)[C@H](O)[C@@H]1OC. The second kappa shape index (κ2) is 19.9. The van der Waals surface area contributed by atoms with E-state index in [0.717, 1.165) is 5.57 Å². The summed E-state index contributed by atoms with van der Waals surface area (Å²) in [7, 11) is 4.67. The summed E-state index contributed by atoms with van der Waals surface area (Å²) in [6, 6.07) is 0. The molecule has 3 N–H and O–H groups in total. The van der Waals surface area contributed by atoms with E-state index in [1.165, 1.54) is 14.2 Å². The lowest BCUT2D eigenvalue weighted by molar-refractivity contribution is -0.344. The molecule has 2 bridgehead atoms. The van der Waals surface area contributed by atoms with Crippen LogP contribution >= 0.6 is 0 Å². The van der Waals surface area contributed by atoms with E-state index in [9.17, 15) is 20.1 Å². The molecule has 4 fully saturated rings. The number of carbonyl (C=O) groups is 1. The van der Waals surface area contributed by atoms with E-state index in [2.05, 4.69) is 39.8 Å². The molecule has 1 unspecified atom stereocenters. The molecule has 7 aliphatic rings. The predicted molar refractivity (Wildman–Crippen MR) is 229 cm³/mol. The van der Waals surface area contributed by atoms with Crippen LogP contribution in [0.15, 0.2) is 59.3 Å². The van der Waals surface area contributed by atoms with Gasteiger partial charge in [-0.25, -0.2) is 0 Å². The first-order valence-corrected chi connectivity index (χ1v) is 22.8. The number of esters is 1. The monoisotopic (exact) mass is 888 g/mol. The fourth-order valence-electron chi connectivity index (χ4n) is 10.7. The summed E-state index contributed by atoms with van der Waals surface area (Å²) in [6.07, 6.45) is 5.30. The molecular weight excluding hydrogens is 817 g/mol. The van der Waals surface area contributed by atoms with E-state index in [1.54, 1.807) is 33.1 Å². The van der Waals surface area contributed by atoms with Crippen molar-refractivity contribution in [1.29, 1.82) is 0 Å². The van der Waals surface area contributed by atoms with Crippen LogP contribution in [0.25, 0.3) is 0 Å². The number of ether oxygens (including phenoxy) is 11. The minimum absolute atomic E-state index is 0.0225. The molecule has 6 heterocycles. The molecule has 1 aliphatic carbocycles. The molecule has 354 valence electrons. The highest BCUT2D eigenvalue weighted by Crippen LogP contribution is 2.47. The van der Waals surface area contributed by atoms with Gasteiger partial charge in [-0.15, -0.1) is 0 Å². The third-order valence-corrected chi connectivity index (χ3v) is 14.3. The minimum atomic E-state index is -1.85. The van der Waals surface area contributed by atoms with Crippen molar-refractivity contribution in [3.8, 4) is 0 Å². The van der Waals surface area contributed by atoms with Crippen molar-refractivity contribution < 1.29 is 72.2 Å². The van der Waals surface area contributed by atoms with E-state index < -0.39 is 109 Å². The van der Waals surface area contributed by atoms with Crippen molar-refractivity contribution in [2.24, 2.45) is 23.7 Å². The van der Waals surface area contributed by atoms with Gasteiger partial charge in [-0.05, 0) is 62.8 Å². The maximum Gasteiger partial charge on any atom is 0.316 e. The molecule has 0 saturated carbocycles. The predicted octanol–water partition coefficient (Wildman–Crippen LogP) is 4.61. The normalized spacial score (nSPS) is 49.3. The van der Waals surface area contributed by atoms with Crippen molar-refractivity contribution in [1.82, 2.24) is 0 Å². The smallest absolute Gasteiger partial charge is 0.316 e. The van der Waals surface area contributed by atoms with Crippen molar-refractivity contribution >= 4 is 5.97 Å². The van der Waals surface area contributed by atoms with Crippen LogP contribution in [0.1, 0.15) is 81.1 Å². The van der Waals surface area contributed by atoms with Crippen molar-refractivity contribution in [3.05, 3.63) is 59.3 Å². The third-order valence-electron chi connectivity index (χ3n) is 14.3. The van der Waals surface area contributed by atoms with E-state index >= 15 is 0 Å². The van der Waals surface area contributed by atoms with E-state index in [1.807, 2.05) is 32.1 Å². The summed E-state index contributed by atoms with van der Waals surface area (Å²) < 4.78 is 69.5. The molecule has 0 aromatic rings. The van der Waals surface area contributed by atoms with Crippen LogP contribution in [0.3, 0.4) is 0 Å². The van der Waals surface area contributed by atoms with Gasteiger partial charge in [0.15, 0.2) is 18.4 Å². The topological polar surface area (TPSA) is 179 Å². The van der Waals surface area contributed by atoms with Gasteiger partial charge in [0.2, 0.25) is 0 Å². The van der Waals surface area contributed by atoms with Crippen molar-refractivity contribution in [2.75, 3.05) is 27.9 Å². The van der Waals surface area contributed by atoms with Crippen LogP contribution in [0.4, 0.5) is 0 Å². The van der Waals surface area contributed by atoms with Crippen LogP contribution in [-0.2, 0) is 56.9 Å². The zero-order valence-corrected chi connectivity index (χ0v) is 38.8. The summed E-state index contributed by atoms with van der Waals surface area (Å²) in [5, 5.41) is 34.4. The number of fused-ring (bicyclic) bond motifs is 2. The summed E-state index contributed by atoms with van der Waals surface area (Å²) >= 11 is 0. The molecular formula is C48H72O15. The zero-order chi connectivity index (χ0) is 45.5. The van der Waals surface area contributed by atoms with Gasteiger partial charge in [0.25, 0.3) is 0 Å². The number of allylic oxidation sites excluding steroid dienone is 2. The highest BCUT2D eigenvalue weighted by Gasteiger charge is 2.60. The highest BCUT2D eigenvalue weighted by atomic mass is 16.7. The van der Waals surface area contributed by atoms with E-state index in [0.29, 0.717) is 30.4 Å². The molecule has 20 atom stereocenters. The van der Waals surface area contributed by atoms with Gasteiger partial charge in [-0.2, -0.15) is 0 Å². The van der Waals surface area contributed by atoms with E-state index in [4.69, 9.17) is 52.1 Å². The van der Waals surface area contributed by atoms with Crippen LogP contribution in [-0.4, -0.2) is 153 Å². The van der Waals surface area contributed by atoms with Crippen LogP contribution in [0.2, 0.25) is 0 Å². The number of aliphatic hydroxyl groups excluding tert-OH is 2. The lowest BCUT2D eigenvalue weighted by atomic mass is 9.71. The van der Waals surface area contributed by atoms with Gasteiger partial charge >= 0.3 is 5.97 Å². The second-order valence-corrected chi connectivity index (χ2v) is 19.1. The Balaban J connectivity index is 1.18. The zero-order valence-electron chi connectivity index (χ0n) is 38.8. The van der Waals surface area contributed by atoms with Gasteiger partial charge in [-0.3, -0.25) is 4.79 Å². The van der Waals surface area contributed by atoms with Crippen LogP contribution in [0, 0.1) is 23.7 Å². The number of hydrogen-bond donors (Lipinski definition) is 3. The lowest BCUT2D eigenvalue weighted by Gasteiger charge is -2.48. The summed E-state index contributed by atoms with van der Waals surface area (Å²) in [5.41, 5.74) is 0.0890. The Morgan fingerprint density at radius 1 is 0.841 bits per heavy atom. The van der Waals surface area contributed by atoms with Crippen molar-refractivity contribution in [2.45, 2.75) is 184 Å². The third kappa shape index (κ3) is 9.74. The highest BCUT2D eigenvalue weighted by molar-refractivity contribution is 5.78. The minimum Gasteiger partial charge on any atom is -0.462 e. The summed E-state index contributed by atoms with van der Waals surface area (Å²) in [4.78, 5) is 14.3. The number of rotatable bonds is 8. The Bertz CT molecular complexity index is 1760. The molecule has 63 heavy (non-hydrogen) atoms. The number of methoxy groups -OCH3 is 3. The van der Waals surface area contributed by atoms with Gasteiger partial charge < -0.3 is 67.4 Å².